The molecule has 1 aromatic heterocycles. The molecular formula is C23H31ClN2O4S. The molecule has 31 heavy (non-hydrogen) atoms. The number of sulfone groups is 1. The van der Waals surface area contributed by atoms with E-state index in [9.17, 15) is 13.2 Å². The first kappa shape index (κ1) is 23.8. The van der Waals surface area contributed by atoms with Crippen molar-refractivity contribution in [3.63, 3.8) is 0 Å². The minimum Gasteiger partial charge on any atom is -0.455 e. The van der Waals surface area contributed by atoms with E-state index in [1.54, 1.807) is 30.3 Å². The molecule has 0 aliphatic carbocycles. The second kappa shape index (κ2) is 10.7. The zero-order valence-corrected chi connectivity index (χ0v) is 19.7. The van der Waals surface area contributed by atoms with Gasteiger partial charge in [-0.05, 0) is 61.1 Å². The Morgan fingerprint density at radius 2 is 1.90 bits per heavy atom. The number of halogens is 1. The zero-order valence-electron chi connectivity index (χ0n) is 18.1. The Morgan fingerprint density at radius 1 is 1.16 bits per heavy atom. The van der Waals surface area contributed by atoms with Crippen molar-refractivity contribution in [1.82, 2.24) is 10.2 Å². The van der Waals surface area contributed by atoms with E-state index in [0.29, 0.717) is 17.1 Å². The molecule has 170 valence electrons. The van der Waals surface area contributed by atoms with Crippen molar-refractivity contribution < 1.29 is 17.6 Å². The number of carbonyl (C=O) groups excluding carboxylic acids is 1. The third-order valence-electron chi connectivity index (χ3n) is 5.40. The maximum atomic E-state index is 12.5. The molecule has 1 N–H and O–H groups in total. The summed E-state index contributed by atoms with van der Waals surface area (Å²) >= 11 is 5.92. The molecule has 2 heterocycles. The lowest BCUT2D eigenvalue weighted by atomic mass is 9.92. The zero-order chi connectivity index (χ0) is 22.4. The molecule has 1 aliphatic rings. The predicted octanol–water partition coefficient (Wildman–Crippen LogP) is 4.15. The number of nitrogens with one attached hydrogen (secondary N) is 1. The number of hydrogen-bond donors (Lipinski definition) is 1. The number of likely N-dealkylation sites (tertiary alicyclic amines) is 1. The van der Waals surface area contributed by atoms with E-state index in [2.05, 4.69) is 24.1 Å². The minimum absolute atomic E-state index is 0.133. The van der Waals surface area contributed by atoms with Crippen LogP contribution in [0.4, 0.5) is 0 Å². The van der Waals surface area contributed by atoms with Crippen LogP contribution in [0.1, 0.15) is 48.6 Å². The van der Waals surface area contributed by atoms with Crippen molar-refractivity contribution in [2.24, 2.45) is 11.8 Å². The second-order valence-corrected chi connectivity index (χ2v) is 11.2. The van der Waals surface area contributed by atoms with Gasteiger partial charge in [-0.25, -0.2) is 8.42 Å². The summed E-state index contributed by atoms with van der Waals surface area (Å²) in [6.07, 6.45) is 2.15. The van der Waals surface area contributed by atoms with Gasteiger partial charge < -0.3 is 14.6 Å². The van der Waals surface area contributed by atoms with Gasteiger partial charge in [0.25, 0.3) is 5.91 Å². The van der Waals surface area contributed by atoms with Gasteiger partial charge in [-0.3, -0.25) is 4.79 Å². The van der Waals surface area contributed by atoms with Gasteiger partial charge in [0.15, 0.2) is 15.6 Å². The van der Waals surface area contributed by atoms with Crippen LogP contribution < -0.4 is 5.32 Å². The topological polar surface area (TPSA) is 79.6 Å². The Hall–Kier alpha value is -1.83. The van der Waals surface area contributed by atoms with Crippen molar-refractivity contribution >= 4 is 27.3 Å². The molecule has 0 bridgehead atoms. The summed E-state index contributed by atoms with van der Waals surface area (Å²) in [6, 6.07) is 9.83. The number of piperidine rings is 1. The Balaban J connectivity index is 1.44. The molecule has 0 unspecified atom stereocenters. The SMILES string of the molecule is C[C@H]1C[C@H](C)CN(CCCNC(=O)c2ccc(CS(=O)(=O)Cc3cccc(Cl)c3)o2)C1. The normalized spacial score (nSPS) is 20.0. The van der Waals surface area contributed by atoms with Gasteiger partial charge in [-0.15, -0.1) is 0 Å². The standard InChI is InChI=1S/C23H31ClN2O4S/c1-17-11-18(2)14-26(13-17)10-4-9-25-23(27)22-8-7-21(30-22)16-31(28,29)15-19-5-3-6-20(24)12-19/h3,5-8,12,17-18H,4,9-11,13-16H2,1-2H3,(H,25,27)/t17-,18-/m0/s1. The third kappa shape index (κ3) is 7.66. The monoisotopic (exact) mass is 466 g/mol. The molecule has 0 saturated carbocycles. The fourth-order valence-corrected chi connectivity index (χ4v) is 5.88. The number of carbonyl (C=O) groups is 1. The first-order chi connectivity index (χ1) is 14.7. The van der Waals surface area contributed by atoms with E-state index < -0.39 is 9.84 Å². The number of amides is 1. The molecule has 0 radical (unpaired) electrons. The van der Waals surface area contributed by atoms with Crippen molar-refractivity contribution in [3.05, 3.63) is 58.5 Å². The largest absolute Gasteiger partial charge is 0.455 e. The van der Waals surface area contributed by atoms with Crippen LogP contribution in [0.15, 0.2) is 40.8 Å². The molecule has 0 spiro atoms. The van der Waals surface area contributed by atoms with Crippen LogP contribution in [0.5, 0.6) is 0 Å². The predicted molar refractivity (Wildman–Crippen MR) is 123 cm³/mol. The van der Waals surface area contributed by atoms with Crippen LogP contribution in [0.2, 0.25) is 5.02 Å². The average Bonchev–Trinajstić information content (AvgIpc) is 3.11. The summed E-state index contributed by atoms with van der Waals surface area (Å²) in [6.45, 7) is 8.32. The fourth-order valence-electron chi connectivity index (χ4n) is 4.29. The smallest absolute Gasteiger partial charge is 0.286 e. The molecule has 2 atom stereocenters. The highest BCUT2D eigenvalue weighted by atomic mass is 35.5. The fraction of sp³-hybridized carbons (Fsp3) is 0.522. The Bertz CT molecular complexity index is 979. The van der Waals surface area contributed by atoms with Crippen LogP contribution in [-0.2, 0) is 21.3 Å². The van der Waals surface area contributed by atoms with Crippen molar-refractivity contribution in [2.45, 2.75) is 38.2 Å². The van der Waals surface area contributed by atoms with Gasteiger partial charge in [0.2, 0.25) is 0 Å². The highest BCUT2D eigenvalue weighted by Crippen LogP contribution is 2.21. The summed E-state index contributed by atoms with van der Waals surface area (Å²) in [4.78, 5) is 14.8. The van der Waals surface area contributed by atoms with E-state index in [0.717, 1.165) is 37.9 Å². The molecule has 3 rings (SSSR count). The molecule has 1 aromatic carbocycles. The summed E-state index contributed by atoms with van der Waals surface area (Å²) in [5.74, 6) is 1.10. The maximum Gasteiger partial charge on any atom is 0.286 e. The lowest BCUT2D eigenvalue weighted by Gasteiger charge is -2.34. The van der Waals surface area contributed by atoms with Crippen LogP contribution in [0.3, 0.4) is 0 Å². The quantitative estimate of drug-likeness (QED) is 0.561. The molecule has 2 aromatic rings. The molecule has 8 heteroatoms. The Labute approximate surface area is 189 Å². The molecule has 1 fully saturated rings. The first-order valence-corrected chi connectivity index (χ1v) is 12.9. The number of hydrogen-bond acceptors (Lipinski definition) is 5. The summed E-state index contributed by atoms with van der Waals surface area (Å²) in [5.41, 5.74) is 0.620. The van der Waals surface area contributed by atoms with Crippen LogP contribution in [0.25, 0.3) is 0 Å². The number of rotatable bonds is 9. The molecule has 1 aliphatic heterocycles. The van der Waals surface area contributed by atoms with Gasteiger partial charge in [0, 0.05) is 24.7 Å². The summed E-state index contributed by atoms with van der Waals surface area (Å²) < 4.78 is 30.4. The molecule has 1 saturated heterocycles. The highest BCUT2D eigenvalue weighted by molar-refractivity contribution is 7.89. The maximum absolute atomic E-state index is 12.5. The Kier molecular flexibility index (Phi) is 8.19. The van der Waals surface area contributed by atoms with E-state index >= 15 is 0 Å². The van der Waals surface area contributed by atoms with Gasteiger partial charge in [0.05, 0.1) is 5.75 Å². The van der Waals surface area contributed by atoms with Crippen molar-refractivity contribution in [3.8, 4) is 0 Å². The second-order valence-electron chi connectivity index (χ2n) is 8.74. The average molecular weight is 467 g/mol. The summed E-state index contributed by atoms with van der Waals surface area (Å²) in [5, 5.41) is 3.35. The minimum atomic E-state index is -3.45. The van der Waals surface area contributed by atoms with Crippen molar-refractivity contribution in [2.75, 3.05) is 26.2 Å². The van der Waals surface area contributed by atoms with Gasteiger partial charge in [0.1, 0.15) is 11.5 Å². The van der Waals surface area contributed by atoms with E-state index in [4.69, 9.17) is 16.0 Å². The lowest BCUT2D eigenvalue weighted by Crippen LogP contribution is -2.40. The van der Waals surface area contributed by atoms with Crippen LogP contribution in [-0.4, -0.2) is 45.4 Å². The number of furan rings is 1. The highest BCUT2D eigenvalue weighted by Gasteiger charge is 2.21. The molecule has 6 nitrogen and oxygen atoms in total. The van der Waals surface area contributed by atoms with Gasteiger partial charge in [-0.1, -0.05) is 37.6 Å². The van der Waals surface area contributed by atoms with Crippen LogP contribution >= 0.6 is 11.6 Å². The van der Waals surface area contributed by atoms with Gasteiger partial charge >= 0.3 is 0 Å². The third-order valence-corrected chi connectivity index (χ3v) is 7.14. The van der Waals surface area contributed by atoms with Gasteiger partial charge in [-0.2, -0.15) is 0 Å². The summed E-state index contributed by atoms with van der Waals surface area (Å²) in [7, 11) is -3.45. The van der Waals surface area contributed by atoms with Crippen LogP contribution in [0, 0.1) is 11.8 Å². The first-order valence-electron chi connectivity index (χ1n) is 10.7. The Morgan fingerprint density at radius 3 is 2.61 bits per heavy atom. The molecule has 1 amide bonds. The number of nitrogens with zero attached hydrogens (tertiary/aromatic N) is 1. The van der Waals surface area contributed by atoms with Crippen molar-refractivity contribution in [1.29, 1.82) is 0 Å². The number of benzene rings is 1. The van der Waals surface area contributed by atoms with E-state index in [1.807, 2.05) is 0 Å². The van der Waals surface area contributed by atoms with E-state index in [1.165, 1.54) is 12.5 Å². The molecular weight excluding hydrogens is 436 g/mol. The lowest BCUT2D eigenvalue weighted by molar-refractivity contribution is 0.0918. The van der Waals surface area contributed by atoms with E-state index in [-0.39, 0.29) is 28.9 Å².